The van der Waals surface area contributed by atoms with Crippen molar-refractivity contribution in [3.63, 3.8) is 0 Å². The van der Waals surface area contributed by atoms with E-state index < -0.39 is 0 Å². The van der Waals surface area contributed by atoms with Gasteiger partial charge in [0, 0.05) is 17.2 Å². The van der Waals surface area contributed by atoms with Gasteiger partial charge in [-0.1, -0.05) is 31.7 Å². The number of hydrogen-bond acceptors (Lipinski definition) is 3. The van der Waals surface area contributed by atoms with Gasteiger partial charge in [0.1, 0.15) is 0 Å². The molecule has 1 aromatic carbocycles. The van der Waals surface area contributed by atoms with Gasteiger partial charge in [-0.25, -0.2) is 0 Å². The molecule has 4 heteroatoms. The van der Waals surface area contributed by atoms with Crippen LogP contribution < -0.4 is 11.1 Å². The van der Waals surface area contributed by atoms with Crippen molar-refractivity contribution >= 4 is 17.5 Å². The van der Waals surface area contributed by atoms with E-state index in [0.29, 0.717) is 11.3 Å². The lowest BCUT2D eigenvalue weighted by molar-refractivity contribution is -0.124. The average molecular weight is 260 g/mol. The first-order valence-corrected chi connectivity index (χ1v) is 6.87. The Morgan fingerprint density at radius 3 is 2.42 bits per heavy atom. The van der Waals surface area contributed by atoms with Gasteiger partial charge in [0.05, 0.1) is 0 Å². The van der Waals surface area contributed by atoms with Crippen molar-refractivity contribution in [2.24, 2.45) is 5.92 Å². The fourth-order valence-electron chi connectivity index (χ4n) is 2.51. The van der Waals surface area contributed by atoms with Crippen molar-refractivity contribution in [3.8, 4) is 0 Å². The Labute approximate surface area is 113 Å². The van der Waals surface area contributed by atoms with Gasteiger partial charge in [-0.3, -0.25) is 14.9 Å². The summed E-state index contributed by atoms with van der Waals surface area (Å²) >= 11 is 0. The van der Waals surface area contributed by atoms with Crippen LogP contribution in [0.5, 0.6) is 0 Å². The summed E-state index contributed by atoms with van der Waals surface area (Å²) in [6.07, 6.45) is 6.29. The molecule has 1 aromatic rings. The maximum atomic E-state index is 12.1. The number of nitrogen functional groups attached to an aromatic ring is 1. The maximum Gasteiger partial charge on any atom is 0.257 e. The number of benzene rings is 1. The number of hydrogen-bond donors (Lipinski definition) is 2. The summed E-state index contributed by atoms with van der Waals surface area (Å²) in [6.45, 7) is 0. The second-order valence-corrected chi connectivity index (χ2v) is 5.13. The van der Waals surface area contributed by atoms with Gasteiger partial charge in [-0.2, -0.15) is 0 Å². The highest BCUT2D eigenvalue weighted by atomic mass is 16.2. The second kappa shape index (κ2) is 6.36. The van der Waals surface area contributed by atoms with Crippen LogP contribution in [-0.4, -0.2) is 11.8 Å². The summed E-state index contributed by atoms with van der Waals surface area (Å²) in [4.78, 5) is 24.0. The van der Waals surface area contributed by atoms with Crippen molar-refractivity contribution in [1.29, 1.82) is 0 Å². The SMILES string of the molecule is Nc1cccc(C(=O)NC(=O)C2CCCCCC2)c1. The fourth-order valence-corrected chi connectivity index (χ4v) is 2.51. The third-order valence-electron chi connectivity index (χ3n) is 3.61. The zero-order chi connectivity index (χ0) is 13.7. The van der Waals surface area contributed by atoms with E-state index in [2.05, 4.69) is 5.32 Å². The summed E-state index contributed by atoms with van der Waals surface area (Å²) < 4.78 is 0. The van der Waals surface area contributed by atoms with Crippen molar-refractivity contribution in [2.45, 2.75) is 38.5 Å². The molecule has 19 heavy (non-hydrogen) atoms. The van der Waals surface area contributed by atoms with Crippen LogP contribution in [0.4, 0.5) is 5.69 Å². The van der Waals surface area contributed by atoms with Crippen LogP contribution in [0.15, 0.2) is 24.3 Å². The van der Waals surface area contributed by atoms with Gasteiger partial charge in [0.2, 0.25) is 5.91 Å². The first-order valence-electron chi connectivity index (χ1n) is 6.87. The zero-order valence-electron chi connectivity index (χ0n) is 11.0. The number of amides is 2. The molecule has 0 atom stereocenters. The predicted octanol–water partition coefficient (Wildman–Crippen LogP) is 2.50. The van der Waals surface area contributed by atoms with Crippen molar-refractivity contribution in [2.75, 3.05) is 5.73 Å². The Morgan fingerprint density at radius 1 is 1.11 bits per heavy atom. The molecule has 3 N–H and O–H groups in total. The molecular formula is C15H20N2O2. The molecule has 0 spiro atoms. The van der Waals surface area contributed by atoms with Gasteiger partial charge < -0.3 is 5.73 Å². The minimum atomic E-state index is -0.360. The third kappa shape index (κ3) is 3.81. The first-order chi connectivity index (χ1) is 9.16. The molecule has 0 aromatic heterocycles. The largest absolute Gasteiger partial charge is 0.399 e. The molecule has 1 saturated carbocycles. The monoisotopic (exact) mass is 260 g/mol. The number of rotatable bonds is 2. The number of anilines is 1. The zero-order valence-corrected chi connectivity index (χ0v) is 11.0. The lowest BCUT2D eigenvalue weighted by Crippen LogP contribution is -2.35. The van der Waals surface area contributed by atoms with Gasteiger partial charge in [0.25, 0.3) is 5.91 Å². The molecule has 0 bridgehead atoms. The lowest BCUT2D eigenvalue weighted by Gasteiger charge is -2.13. The highest BCUT2D eigenvalue weighted by Crippen LogP contribution is 2.23. The Hall–Kier alpha value is -1.84. The van der Waals surface area contributed by atoms with E-state index in [4.69, 9.17) is 5.73 Å². The van der Waals surface area contributed by atoms with Crippen molar-refractivity contribution in [3.05, 3.63) is 29.8 Å². The molecule has 102 valence electrons. The topological polar surface area (TPSA) is 72.2 Å². The molecule has 0 saturated heterocycles. The lowest BCUT2D eigenvalue weighted by atomic mass is 9.99. The van der Waals surface area contributed by atoms with Gasteiger partial charge in [-0.05, 0) is 31.0 Å². The Bertz CT molecular complexity index is 463. The van der Waals surface area contributed by atoms with E-state index in [1.165, 1.54) is 12.8 Å². The second-order valence-electron chi connectivity index (χ2n) is 5.13. The summed E-state index contributed by atoms with van der Waals surface area (Å²) in [6, 6.07) is 6.66. The van der Waals surface area contributed by atoms with Crippen LogP contribution >= 0.6 is 0 Å². The number of nitrogens with two attached hydrogens (primary N) is 1. The minimum Gasteiger partial charge on any atom is -0.399 e. The van der Waals surface area contributed by atoms with E-state index in [1.54, 1.807) is 24.3 Å². The molecule has 1 aliphatic rings. The van der Waals surface area contributed by atoms with E-state index in [9.17, 15) is 9.59 Å². The predicted molar refractivity (Wildman–Crippen MR) is 74.5 cm³/mol. The van der Waals surface area contributed by atoms with Gasteiger partial charge in [0.15, 0.2) is 0 Å². The molecule has 0 radical (unpaired) electrons. The van der Waals surface area contributed by atoms with Crippen LogP contribution in [0.1, 0.15) is 48.9 Å². The normalized spacial score (nSPS) is 16.6. The van der Waals surface area contributed by atoms with Crippen LogP contribution in [0, 0.1) is 5.92 Å². The van der Waals surface area contributed by atoms with E-state index in [1.807, 2.05) is 0 Å². The quantitative estimate of drug-likeness (QED) is 0.487. The van der Waals surface area contributed by atoms with Crippen molar-refractivity contribution in [1.82, 2.24) is 5.32 Å². The molecule has 2 rings (SSSR count). The molecule has 0 unspecified atom stereocenters. The number of carbonyl (C=O) groups excluding carboxylic acids is 2. The number of imide groups is 1. The van der Waals surface area contributed by atoms with Gasteiger partial charge >= 0.3 is 0 Å². The summed E-state index contributed by atoms with van der Waals surface area (Å²) in [5, 5.41) is 2.49. The standard InChI is InChI=1S/C15H20N2O2/c16-13-9-5-8-12(10-13)15(19)17-14(18)11-6-3-1-2-4-7-11/h5,8-11H,1-4,6-7,16H2,(H,17,18,19). The number of carbonyl (C=O) groups is 2. The summed E-state index contributed by atoms with van der Waals surface area (Å²) in [5.74, 6) is -0.525. The Balaban J connectivity index is 1.96. The summed E-state index contributed by atoms with van der Waals surface area (Å²) in [5.41, 5.74) is 6.58. The number of nitrogens with one attached hydrogen (secondary N) is 1. The van der Waals surface area contributed by atoms with Crippen LogP contribution in [-0.2, 0) is 4.79 Å². The average Bonchev–Trinajstić information content (AvgIpc) is 2.67. The molecule has 0 heterocycles. The van der Waals surface area contributed by atoms with Crippen LogP contribution in [0.2, 0.25) is 0 Å². The molecule has 4 nitrogen and oxygen atoms in total. The van der Waals surface area contributed by atoms with E-state index in [-0.39, 0.29) is 17.7 Å². The minimum absolute atomic E-state index is 0.0208. The fraction of sp³-hybridized carbons (Fsp3) is 0.467. The highest BCUT2D eigenvalue weighted by molar-refractivity contribution is 6.05. The summed E-state index contributed by atoms with van der Waals surface area (Å²) in [7, 11) is 0. The molecule has 0 aliphatic heterocycles. The van der Waals surface area contributed by atoms with Crippen LogP contribution in [0.3, 0.4) is 0 Å². The first kappa shape index (κ1) is 13.6. The molecule has 1 fully saturated rings. The van der Waals surface area contributed by atoms with E-state index in [0.717, 1.165) is 25.7 Å². The Kier molecular flexibility index (Phi) is 4.55. The van der Waals surface area contributed by atoms with Crippen molar-refractivity contribution < 1.29 is 9.59 Å². The Morgan fingerprint density at radius 2 is 1.79 bits per heavy atom. The van der Waals surface area contributed by atoms with Crippen LogP contribution in [0.25, 0.3) is 0 Å². The molecule has 2 amide bonds. The third-order valence-corrected chi connectivity index (χ3v) is 3.61. The highest BCUT2D eigenvalue weighted by Gasteiger charge is 2.22. The maximum absolute atomic E-state index is 12.1. The van der Waals surface area contributed by atoms with E-state index >= 15 is 0 Å². The molecular weight excluding hydrogens is 240 g/mol. The molecule has 1 aliphatic carbocycles. The smallest absolute Gasteiger partial charge is 0.257 e. The van der Waals surface area contributed by atoms with Gasteiger partial charge in [-0.15, -0.1) is 0 Å².